The first-order chi connectivity index (χ1) is 12.0. The molecule has 0 aliphatic carbocycles. The average Bonchev–Trinajstić information content (AvgIpc) is 3.17. The lowest BCUT2D eigenvalue weighted by Gasteiger charge is -2.19. The lowest BCUT2D eigenvalue weighted by molar-refractivity contribution is -0.118. The summed E-state index contributed by atoms with van der Waals surface area (Å²) in [4.78, 5) is 12.1. The molecule has 5 nitrogen and oxygen atoms in total. The van der Waals surface area contributed by atoms with Crippen molar-refractivity contribution >= 4 is 11.6 Å². The van der Waals surface area contributed by atoms with Gasteiger partial charge >= 0.3 is 0 Å². The van der Waals surface area contributed by atoms with Crippen molar-refractivity contribution in [1.29, 1.82) is 5.26 Å². The molecule has 0 radical (unpaired) electrons. The Kier molecular flexibility index (Phi) is 6.55. The molecule has 1 atom stereocenters. The van der Waals surface area contributed by atoms with Crippen LogP contribution in [0.1, 0.15) is 25.3 Å². The first-order valence-corrected chi connectivity index (χ1v) is 8.42. The molecule has 1 saturated heterocycles. The summed E-state index contributed by atoms with van der Waals surface area (Å²) in [5.41, 5.74) is 13.8. The van der Waals surface area contributed by atoms with E-state index in [1.165, 1.54) is 12.8 Å². The number of rotatable bonds is 3. The number of primary amides is 1. The molecule has 0 bridgehead atoms. The second-order valence-corrected chi connectivity index (χ2v) is 6.09. The molecule has 25 heavy (non-hydrogen) atoms. The van der Waals surface area contributed by atoms with Crippen LogP contribution in [0.5, 0.6) is 0 Å². The van der Waals surface area contributed by atoms with Crippen LogP contribution in [0.25, 0.3) is 11.1 Å². The van der Waals surface area contributed by atoms with Gasteiger partial charge in [-0.1, -0.05) is 36.4 Å². The molecule has 1 fully saturated rings. The van der Waals surface area contributed by atoms with Gasteiger partial charge in [0, 0.05) is 13.1 Å². The molecule has 2 aromatic rings. The normalized spacial score (nSPS) is 14.2. The summed E-state index contributed by atoms with van der Waals surface area (Å²) < 4.78 is 0. The van der Waals surface area contributed by atoms with Crippen molar-refractivity contribution in [3.63, 3.8) is 0 Å². The van der Waals surface area contributed by atoms with E-state index in [1.807, 2.05) is 24.3 Å². The molecule has 1 amide bonds. The summed E-state index contributed by atoms with van der Waals surface area (Å²) >= 11 is 0. The average molecular weight is 336 g/mol. The molecule has 1 aliphatic heterocycles. The van der Waals surface area contributed by atoms with Crippen molar-refractivity contribution < 1.29 is 4.79 Å². The number of nitrogens with zero attached hydrogens (tertiary/aromatic N) is 2. The molecule has 1 heterocycles. The Morgan fingerprint density at radius 1 is 1.12 bits per heavy atom. The minimum atomic E-state index is -0.509. The lowest BCUT2D eigenvalue weighted by atomic mass is 10.0. The van der Waals surface area contributed by atoms with Crippen molar-refractivity contribution in [1.82, 2.24) is 0 Å². The van der Waals surface area contributed by atoms with Gasteiger partial charge in [0.25, 0.3) is 0 Å². The van der Waals surface area contributed by atoms with Crippen LogP contribution in [-0.4, -0.2) is 25.0 Å². The highest BCUT2D eigenvalue weighted by Gasteiger charge is 2.16. The van der Waals surface area contributed by atoms with E-state index in [2.05, 4.69) is 41.0 Å². The highest BCUT2D eigenvalue weighted by Crippen LogP contribution is 2.29. The van der Waals surface area contributed by atoms with Gasteiger partial charge in [0.05, 0.1) is 17.3 Å². The quantitative estimate of drug-likeness (QED) is 0.900. The topological polar surface area (TPSA) is 96.1 Å². The number of hydrogen-bond acceptors (Lipinski definition) is 4. The highest BCUT2D eigenvalue weighted by molar-refractivity contribution is 5.78. The van der Waals surface area contributed by atoms with Crippen molar-refractivity contribution in [2.75, 3.05) is 18.0 Å². The van der Waals surface area contributed by atoms with Crippen molar-refractivity contribution in [2.24, 2.45) is 11.5 Å². The van der Waals surface area contributed by atoms with Crippen LogP contribution < -0.4 is 16.4 Å². The highest BCUT2D eigenvalue weighted by atomic mass is 16.1. The lowest BCUT2D eigenvalue weighted by Crippen LogP contribution is -2.32. The Labute approximate surface area is 148 Å². The van der Waals surface area contributed by atoms with Gasteiger partial charge in [-0.25, -0.2) is 0 Å². The maximum absolute atomic E-state index is 9.80. The van der Waals surface area contributed by atoms with Crippen LogP contribution in [0.3, 0.4) is 0 Å². The smallest absolute Gasteiger partial charge is 0.234 e. The fourth-order valence-electron chi connectivity index (χ4n) is 2.67. The molecule has 0 spiro atoms. The van der Waals surface area contributed by atoms with Crippen LogP contribution in [0.15, 0.2) is 48.5 Å². The minimum Gasteiger partial charge on any atom is -0.370 e. The van der Waals surface area contributed by atoms with Gasteiger partial charge in [-0.2, -0.15) is 5.26 Å². The predicted molar refractivity (Wildman–Crippen MR) is 101 cm³/mol. The minimum absolute atomic E-state index is 0.463. The van der Waals surface area contributed by atoms with E-state index >= 15 is 0 Å². The Morgan fingerprint density at radius 2 is 1.72 bits per heavy atom. The summed E-state index contributed by atoms with van der Waals surface area (Å²) in [5, 5.41) is 9.37. The van der Waals surface area contributed by atoms with Gasteiger partial charge in [-0.3, -0.25) is 4.79 Å². The first-order valence-electron chi connectivity index (χ1n) is 8.42. The summed E-state index contributed by atoms with van der Waals surface area (Å²) in [6.45, 7) is 3.68. The zero-order valence-corrected chi connectivity index (χ0v) is 14.5. The summed E-state index contributed by atoms with van der Waals surface area (Å²) in [7, 11) is 0. The third kappa shape index (κ3) is 5.07. The third-order valence-corrected chi connectivity index (χ3v) is 4.12. The zero-order valence-electron chi connectivity index (χ0n) is 14.5. The van der Waals surface area contributed by atoms with Gasteiger partial charge in [0.15, 0.2) is 0 Å². The maximum Gasteiger partial charge on any atom is 0.234 e. The molecule has 3 rings (SSSR count). The summed E-state index contributed by atoms with van der Waals surface area (Å²) in [6, 6.07) is 18.2. The predicted octanol–water partition coefficient (Wildman–Crippen LogP) is 2.64. The number of nitriles is 1. The molecule has 4 N–H and O–H groups in total. The van der Waals surface area contributed by atoms with Gasteiger partial charge in [0.1, 0.15) is 6.07 Å². The Bertz CT molecular complexity index is 744. The molecular formula is C20H24N4O. The van der Waals surface area contributed by atoms with E-state index in [0.29, 0.717) is 0 Å². The van der Waals surface area contributed by atoms with Crippen LogP contribution in [-0.2, 0) is 4.79 Å². The SMILES string of the molecule is CC(N)C(N)=O.N#Cc1cc(-c2ccccc2)ccc1N1CCCC1. The fraction of sp³-hybridized carbons (Fsp3) is 0.300. The van der Waals surface area contributed by atoms with E-state index in [1.54, 1.807) is 6.92 Å². The van der Waals surface area contributed by atoms with Crippen LogP contribution in [0, 0.1) is 11.3 Å². The number of carbonyl (C=O) groups is 1. The van der Waals surface area contributed by atoms with Gasteiger partial charge < -0.3 is 16.4 Å². The largest absolute Gasteiger partial charge is 0.370 e. The zero-order chi connectivity index (χ0) is 18.2. The number of anilines is 1. The Balaban J connectivity index is 0.000000326. The molecule has 1 unspecified atom stereocenters. The van der Waals surface area contributed by atoms with Gasteiger partial charge in [-0.15, -0.1) is 0 Å². The maximum atomic E-state index is 9.80. The van der Waals surface area contributed by atoms with Gasteiger partial charge in [0.2, 0.25) is 5.91 Å². The third-order valence-electron chi connectivity index (χ3n) is 4.12. The number of hydrogen-bond donors (Lipinski definition) is 2. The van der Waals surface area contributed by atoms with Crippen LogP contribution in [0.4, 0.5) is 5.69 Å². The first kappa shape index (κ1) is 18.5. The van der Waals surface area contributed by atoms with Crippen LogP contribution >= 0.6 is 0 Å². The summed E-state index contributed by atoms with van der Waals surface area (Å²) in [6.07, 6.45) is 2.45. The second kappa shape index (κ2) is 8.86. The van der Waals surface area contributed by atoms with Gasteiger partial charge in [-0.05, 0) is 43.0 Å². The standard InChI is InChI=1S/C17H16N2.C3H8N2O/c18-13-16-12-15(14-6-2-1-3-7-14)8-9-17(16)19-10-4-5-11-19;1-2(4)3(5)6/h1-3,6-9,12H,4-5,10-11H2;2H,4H2,1H3,(H2,5,6). The molecule has 0 aromatic heterocycles. The number of amides is 1. The molecule has 2 aromatic carbocycles. The Hall–Kier alpha value is -2.84. The van der Waals surface area contributed by atoms with E-state index in [4.69, 9.17) is 5.73 Å². The van der Waals surface area contributed by atoms with E-state index < -0.39 is 11.9 Å². The van der Waals surface area contributed by atoms with Crippen molar-refractivity contribution in [3.05, 3.63) is 54.1 Å². The molecular weight excluding hydrogens is 312 g/mol. The monoisotopic (exact) mass is 336 g/mol. The summed E-state index contributed by atoms with van der Waals surface area (Å²) in [5.74, 6) is -0.463. The van der Waals surface area contributed by atoms with E-state index in [9.17, 15) is 10.1 Å². The van der Waals surface area contributed by atoms with E-state index in [0.717, 1.165) is 35.5 Å². The fourth-order valence-corrected chi connectivity index (χ4v) is 2.67. The number of benzene rings is 2. The molecule has 0 saturated carbocycles. The van der Waals surface area contributed by atoms with Crippen molar-refractivity contribution in [2.45, 2.75) is 25.8 Å². The number of nitrogens with two attached hydrogens (primary N) is 2. The molecule has 5 heteroatoms. The molecule has 1 aliphatic rings. The van der Waals surface area contributed by atoms with E-state index in [-0.39, 0.29) is 0 Å². The number of carbonyl (C=O) groups excluding carboxylic acids is 1. The van der Waals surface area contributed by atoms with Crippen LogP contribution in [0.2, 0.25) is 0 Å². The second-order valence-electron chi connectivity index (χ2n) is 6.09. The Morgan fingerprint density at radius 3 is 2.24 bits per heavy atom. The van der Waals surface area contributed by atoms with Crippen molar-refractivity contribution in [3.8, 4) is 17.2 Å². The molecule has 130 valence electrons.